The first-order chi connectivity index (χ1) is 14.0. The molecule has 2 aromatic rings. The van der Waals surface area contributed by atoms with Gasteiger partial charge in [0.15, 0.2) is 0 Å². The maximum absolute atomic E-state index is 12.8. The van der Waals surface area contributed by atoms with Crippen LogP contribution in [0.1, 0.15) is 24.1 Å². The number of benzene rings is 2. The van der Waals surface area contributed by atoms with E-state index in [-0.39, 0.29) is 24.5 Å². The van der Waals surface area contributed by atoms with E-state index in [0.29, 0.717) is 28.5 Å². The third-order valence-corrected chi connectivity index (χ3v) is 4.91. The van der Waals surface area contributed by atoms with Crippen LogP contribution in [-0.2, 0) is 14.3 Å². The Morgan fingerprint density at radius 3 is 2.52 bits per heavy atom. The summed E-state index contributed by atoms with van der Waals surface area (Å²) in [5.74, 6) is -1.01. The smallest absolute Gasteiger partial charge is 0.295 e. The van der Waals surface area contributed by atoms with Crippen LogP contribution in [0.5, 0.6) is 5.75 Å². The first kappa shape index (κ1) is 20.9. The molecule has 29 heavy (non-hydrogen) atoms. The van der Waals surface area contributed by atoms with Crippen LogP contribution in [-0.4, -0.2) is 48.6 Å². The molecule has 1 aliphatic heterocycles. The number of carbonyl (C=O) groups excluding carboxylic acids is 2. The average Bonchev–Trinajstić information content (AvgIpc) is 2.97. The van der Waals surface area contributed by atoms with E-state index in [4.69, 9.17) is 21.1 Å². The van der Waals surface area contributed by atoms with Gasteiger partial charge in [-0.25, -0.2) is 0 Å². The lowest BCUT2D eigenvalue weighted by Crippen LogP contribution is -2.32. The van der Waals surface area contributed by atoms with Crippen LogP contribution in [0.3, 0.4) is 0 Å². The van der Waals surface area contributed by atoms with Crippen molar-refractivity contribution in [3.8, 4) is 5.75 Å². The zero-order valence-electron chi connectivity index (χ0n) is 16.2. The summed E-state index contributed by atoms with van der Waals surface area (Å²) in [5, 5.41) is 11.4. The van der Waals surface area contributed by atoms with Crippen LogP contribution in [0.2, 0.25) is 5.02 Å². The molecule has 0 radical (unpaired) electrons. The fourth-order valence-electron chi connectivity index (χ4n) is 3.35. The zero-order valence-corrected chi connectivity index (χ0v) is 17.0. The summed E-state index contributed by atoms with van der Waals surface area (Å²) in [7, 11) is 1.52. The molecule has 0 aromatic heterocycles. The number of likely N-dealkylation sites (tertiary alicyclic amines) is 1. The fraction of sp³-hybridized carbons (Fsp3) is 0.273. The number of carbonyl (C=O) groups is 2. The molecule has 6 nitrogen and oxygen atoms in total. The Labute approximate surface area is 174 Å². The van der Waals surface area contributed by atoms with Gasteiger partial charge >= 0.3 is 0 Å². The highest BCUT2D eigenvalue weighted by Crippen LogP contribution is 2.39. The van der Waals surface area contributed by atoms with Gasteiger partial charge in [-0.1, -0.05) is 23.7 Å². The number of amides is 1. The van der Waals surface area contributed by atoms with Crippen molar-refractivity contribution in [2.75, 3.05) is 26.9 Å². The number of methoxy groups -OCH3 is 1. The standard InChI is InChI=1S/C22H22ClNO5/c1-3-29-17-9-7-14(8-10-17)20(25)18-19(15-5-4-6-16(23)13-15)24(11-12-28-2)22(27)21(18)26/h4-10,13,19,25H,3,11-12H2,1-2H3. The Hall–Kier alpha value is -2.83. The summed E-state index contributed by atoms with van der Waals surface area (Å²) in [6.07, 6.45) is 0. The van der Waals surface area contributed by atoms with Crippen LogP contribution >= 0.6 is 11.6 Å². The van der Waals surface area contributed by atoms with Gasteiger partial charge in [0.2, 0.25) is 0 Å². The largest absolute Gasteiger partial charge is 0.507 e. The number of ketones is 1. The van der Waals surface area contributed by atoms with Gasteiger partial charge < -0.3 is 19.5 Å². The number of aliphatic hydroxyl groups excluding tert-OH is 1. The van der Waals surface area contributed by atoms with Crippen LogP contribution < -0.4 is 4.74 Å². The SMILES string of the molecule is CCOc1ccc(C(O)=C2C(=O)C(=O)N(CCOC)C2c2cccc(Cl)c2)cc1. The molecule has 0 bridgehead atoms. The molecule has 2 aromatic carbocycles. The van der Waals surface area contributed by atoms with Gasteiger partial charge in [0, 0.05) is 24.2 Å². The van der Waals surface area contributed by atoms with Gasteiger partial charge in [0.25, 0.3) is 11.7 Å². The highest BCUT2D eigenvalue weighted by atomic mass is 35.5. The fourth-order valence-corrected chi connectivity index (χ4v) is 3.55. The molecular formula is C22H22ClNO5. The van der Waals surface area contributed by atoms with Crippen molar-refractivity contribution in [2.24, 2.45) is 0 Å². The zero-order chi connectivity index (χ0) is 21.0. The van der Waals surface area contributed by atoms with E-state index in [0.717, 1.165) is 0 Å². The molecule has 7 heteroatoms. The van der Waals surface area contributed by atoms with Gasteiger partial charge in [-0.15, -0.1) is 0 Å². The number of halogens is 1. The molecule has 1 saturated heterocycles. The number of nitrogens with zero attached hydrogens (tertiary/aromatic N) is 1. The second-order valence-corrected chi connectivity index (χ2v) is 6.93. The molecular weight excluding hydrogens is 394 g/mol. The van der Waals surface area contributed by atoms with E-state index in [1.165, 1.54) is 12.0 Å². The molecule has 1 fully saturated rings. The highest BCUT2D eigenvalue weighted by molar-refractivity contribution is 6.46. The van der Waals surface area contributed by atoms with Crippen molar-refractivity contribution in [3.63, 3.8) is 0 Å². The first-order valence-corrected chi connectivity index (χ1v) is 9.61. The molecule has 1 aliphatic rings. The van der Waals surface area contributed by atoms with Gasteiger partial charge in [0.1, 0.15) is 11.5 Å². The summed E-state index contributed by atoms with van der Waals surface area (Å²) in [6, 6.07) is 12.9. The Morgan fingerprint density at radius 2 is 1.90 bits per heavy atom. The van der Waals surface area contributed by atoms with Crippen LogP contribution in [0, 0.1) is 0 Å². The van der Waals surface area contributed by atoms with Crippen LogP contribution in [0.25, 0.3) is 5.76 Å². The number of rotatable bonds is 7. The molecule has 0 saturated carbocycles. The Kier molecular flexibility index (Phi) is 6.56. The normalized spacial score (nSPS) is 18.3. The number of hydrogen-bond donors (Lipinski definition) is 1. The predicted octanol–water partition coefficient (Wildman–Crippen LogP) is 3.81. The van der Waals surface area contributed by atoms with Crippen LogP contribution in [0.4, 0.5) is 0 Å². The summed E-state index contributed by atoms with van der Waals surface area (Å²) < 4.78 is 10.5. The minimum atomic E-state index is -0.754. The van der Waals surface area contributed by atoms with E-state index in [1.54, 1.807) is 48.5 Å². The quantitative estimate of drug-likeness (QED) is 0.423. The number of hydrogen-bond acceptors (Lipinski definition) is 5. The molecule has 1 amide bonds. The van der Waals surface area contributed by atoms with Crippen molar-refractivity contribution >= 4 is 29.1 Å². The molecule has 152 valence electrons. The highest BCUT2D eigenvalue weighted by Gasteiger charge is 2.45. The number of ether oxygens (including phenoxy) is 2. The van der Waals surface area contributed by atoms with Gasteiger partial charge in [-0.3, -0.25) is 9.59 Å². The summed E-state index contributed by atoms with van der Waals surface area (Å²) in [5.41, 5.74) is 1.09. The van der Waals surface area contributed by atoms with E-state index in [2.05, 4.69) is 0 Å². The van der Waals surface area contributed by atoms with Gasteiger partial charge in [-0.05, 0) is 48.9 Å². The Balaban J connectivity index is 2.10. The number of Topliss-reactive ketones (excluding diaryl/α,β-unsaturated/α-hetero) is 1. The summed E-state index contributed by atoms with van der Waals surface area (Å²) in [4.78, 5) is 26.9. The third kappa shape index (κ3) is 4.28. The van der Waals surface area contributed by atoms with Crippen molar-refractivity contribution in [3.05, 3.63) is 70.3 Å². The van der Waals surface area contributed by atoms with E-state index < -0.39 is 17.7 Å². The maximum atomic E-state index is 12.8. The Morgan fingerprint density at radius 1 is 1.17 bits per heavy atom. The Bertz CT molecular complexity index is 938. The van der Waals surface area contributed by atoms with E-state index >= 15 is 0 Å². The second-order valence-electron chi connectivity index (χ2n) is 6.50. The average molecular weight is 416 g/mol. The van der Waals surface area contributed by atoms with Crippen molar-refractivity contribution < 1.29 is 24.2 Å². The molecule has 0 spiro atoms. The second kappa shape index (κ2) is 9.11. The van der Waals surface area contributed by atoms with Gasteiger partial charge in [0.05, 0.1) is 24.8 Å². The predicted molar refractivity (Wildman–Crippen MR) is 110 cm³/mol. The summed E-state index contributed by atoms with van der Waals surface area (Å²) >= 11 is 6.13. The topological polar surface area (TPSA) is 76.1 Å². The van der Waals surface area contributed by atoms with E-state index in [9.17, 15) is 14.7 Å². The molecule has 3 rings (SSSR count). The van der Waals surface area contributed by atoms with Crippen molar-refractivity contribution in [1.82, 2.24) is 4.90 Å². The molecule has 1 heterocycles. The van der Waals surface area contributed by atoms with Crippen molar-refractivity contribution in [2.45, 2.75) is 13.0 Å². The molecule has 1 atom stereocenters. The third-order valence-electron chi connectivity index (χ3n) is 4.68. The van der Waals surface area contributed by atoms with Crippen molar-refractivity contribution in [1.29, 1.82) is 0 Å². The lowest BCUT2D eigenvalue weighted by molar-refractivity contribution is -0.140. The summed E-state index contributed by atoms with van der Waals surface area (Å²) in [6.45, 7) is 2.86. The number of aliphatic hydroxyl groups is 1. The lowest BCUT2D eigenvalue weighted by atomic mass is 9.95. The minimum absolute atomic E-state index is 0.0255. The monoisotopic (exact) mass is 415 g/mol. The maximum Gasteiger partial charge on any atom is 0.295 e. The molecule has 1 N–H and O–H groups in total. The lowest BCUT2D eigenvalue weighted by Gasteiger charge is -2.25. The van der Waals surface area contributed by atoms with Gasteiger partial charge in [-0.2, -0.15) is 0 Å². The van der Waals surface area contributed by atoms with E-state index in [1.807, 2.05) is 6.92 Å². The minimum Gasteiger partial charge on any atom is -0.507 e. The van der Waals surface area contributed by atoms with Crippen LogP contribution in [0.15, 0.2) is 54.1 Å². The first-order valence-electron chi connectivity index (χ1n) is 9.24. The molecule has 0 aliphatic carbocycles. The molecule has 1 unspecified atom stereocenters.